The van der Waals surface area contributed by atoms with Crippen LogP contribution < -0.4 is 5.73 Å². The molecule has 2 aliphatic heterocycles. The third-order valence-electron chi connectivity index (χ3n) is 3.76. The Morgan fingerprint density at radius 1 is 1.42 bits per heavy atom. The summed E-state index contributed by atoms with van der Waals surface area (Å²) in [5.41, 5.74) is 6.93. The van der Waals surface area contributed by atoms with Gasteiger partial charge >= 0.3 is 0 Å². The molecule has 6 nitrogen and oxygen atoms in total. The fourth-order valence-electron chi connectivity index (χ4n) is 2.86. The minimum atomic E-state index is -0.579. The molecule has 19 heavy (non-hydrogen) atoms. The Hall–Kier alpha value is -1.53. The molecule has 2 N–H and O–H groups in total. The van der Waals surface area contributed by atoms with Gasteiger partial charge in [-0.15, -0.1) is 0 Å². The quantitative estimate of drug-likeness (QED) is 0.806. The number of piperidine rings is 1. The predicted molar refractivity (Wildman–Crippen MR) is 69.6 cm³/mol. The normalized spacial score (nSPS) is 22.1. The average molecular weight is 265 g/mol. The molecule has 2 fully saturated rings. The lowest BCUT2D eigenvalue weighted by atomic mass is 10.0. The van der Waals surface area contributed by atoms with Gasteiger partial charge < -0.3 is 24.7 Å². The van der Waals surface area contributed by atoms with Crippen LogP contribution in [0.1, 0.15) is 23.3 Å². The van der Waals surface area contributed by atoms with Crippen molar-refractivity contribution in [2.24, 2.45) is 7.05 Å². The summed E-state index contributed by atoms with van der Waals surface area (Å²) >= 11 is 0. The minimum absolute atomic E-state index is 0.0163. The van der Waals surface area contributed by atoms with Crippen LogP contribution >= 0.6 is 0 Å². The summed E-state index contributed by atoms with van der Waals surface area (Å²) in [6.45, 7) is 2.45. The second-order valence-electron chi connectivity index (χ2n) is 5.21. The van der Waals surface area contributed by atoms with Gasteiger partial charge in [-0.3, -0.25) is 4.79 Å². The Balaban J connectivity index is 1.78. The molecule has 0 saturated carbocycles. The molecule has 3 rings (SSSR count). The Labute approximate surface area is 112 Å². The minimum Gasteiger partial charge on any atom is -0.397 e. The summed E-state index contributed by atoms with van der Waals surface area (Å²) in [4.78, 5) is 14.3. The van der Waals surface area contributed by atoms with Crippen molar-refractivity contribution < 1.29 is 14.3 Å². The zero-order chi connectivity index (χ0) is 13.5. The Bertz CT molecular complexity index is 491. The lowest BCUT2D eigenvalue weighted by Crippen LogP contribution is -2.51. The molecule has 1 aromatic rings. The monoisotopic (exact) mass is 265 g/mol. The van der Waals surface area contributed by atoms with Gasteiger partial charge in [-0.2, -0.15) is 0 Å². The van der Waals surface area contributed by atoms with E-state index < -0.39 is 5.79 Å². The van der Waals surface area contributed by atoms with Crippen LogP contribution in [0.5, 0.6) is 0 Å². The fraction of sp³-hybridized carbons (Fsp3) is 0.615. The topological polar surface area (TPSA) is 69.7 Å². The molecule has 6 heteroatoms. The molecular formula is C13H19N3O3. The first kappa shape index (κ1) is 12.5. The van der Waals surface area contributed by atoms with Gasteiger partial charge in [0.1, 0.15) is 5.69 Å². The van der Waals surface area contributed by atoms with E-state index in [1.54, 1.807) is 21.7 Å². The van der Waals surface area contributed by atoms with Crippen LogP contribution in [-0.4, -0.2) is 47.5 Å². The highest BCUT2D eigenvalue weighted by Crippen LogP contribution is 2.30. The van der Waals surface area contributed by atoms with Crippen molar-refractivity contribution in [1.82, 2.24) is 9.47 Å². The first-order valence-electron chi connectivity index (χ1n) is 6.59. The van der Waals surface area contributed by atoms with E-state index in [1.807, 2.05) is 7.05 Å². The molecule has 1 aromatic heterocycles. The number of likely N-dealkylation sites (tertiary alicyclic amines) is 1. The van der Waals surface area contributed by atoms with Crippen LogP contribution in [0.3, 0.4) is 0 Å². The van der Waals surface area contributed by atoms with Crippen LogP contribution in [0.25, 0.3) is 0 Å². The second-order valence-corrected chi connectivity index (χ2v) is 5.21. The summed E-state index contributed by atoms with van der Waals surface area (Å²) in [6.07, 6.45) is 3.49. The van der Waals surface area contributed by atoms with Crippen LogP contribution in [0.4, 0.5) is 5.69 Å². The van der Waals surface area contributed by atoms with E-state index in [0.717, 1.165) is 19.4 Å². The number of nitrogen functional groups attached to an aromatic ring is 1. The van der Waals surface area contributed by atoms with Crippen LogP contribution in [0.15, 0.2) is 12.3 Å². The van der Waals surface area contributed by atoms with E-state index in [0.29, 0.717) is 31.1 Å². The molecule has 0 aromatic carbocycles. The number of nitrogens with zero attached hydrogens (tertiary/aromatic N) is 2. The highest BCUT2D eigenvalue weighted by Gasteiger charge is 2.42. The molecule has 0 aliphatic carbocycles. The van der Waals surface area contributed by atoms with Gasteiger partial charge in [0.25, 0.3) is 5.91 Å². The van der Waals surface area contributed by atoms with E-state index in [1.165, 1.54) is 0 Å². The van der Waals surface area contributed by atoms with Gasteiger partial charge in [-0.1, -0.05) is 0 Å². The van der Waals surface area contributed by atoms with Gasteiger partial charge in [0.05, 0.1) is 25.4 Å². The van der Waals surface area contributed by atoms with E-state index in [4.69, 9.17) is 15.2 Å². The van der Waals surface area contributed by atoms with Gasteiger partial charge in [-0.25, -0.2) is 0 Å². The number of carbonyl (C=O) groups is 1. The number of aromatic nitrogens is 1. The van der Waals surface area contributed by atoms with Crippen LogP contribution in [-0.2, 0) is 16.5 Å². The molecule has 0 radical (unpaired) electrons. The number of hydrogen-bond acceptors (Lipinski definition) is 4. The summed E-state index contributed by atoms with van der Waals surface area (Å²) in [5, 5.41) is 0. The lowest BCUT2D eigenvalue weighted by molar-refractivity contribution is -0.183. The number of aryl methyl sites for hydroxylation is 1. The maximum absolute atomic E-state index is 12.5. The molecular weight excluding hydrogens is 246 g/mol. The summed E-state index contributed by atoms with van der Waals surface area (Å²) in [5.74, 6) is -0.595. The highest BCUT2D eigenvalue weighted by molar-refractivity contribution is 5.94. The molecule has 2 saturated heterocycles. The van der Waals surface area contributed by atoms with Gasteiger partial charge in [-0.05, 0) is 12.5 Å². The smallest absolute Gasteiger partial charge is 0.270 e. The van der Waals surface area contributed by atoms with Gasteiger partial charge in [0.15, 0.2) is 5.79 Å². The number of ether oxygens (including phenoxy) is 2. The Kier molecular flexibility index (Phi) is 2.99. The van der Waals surface area contributed by atoms with Crippen molar-refractivity contribution in [1.29, 1.82) is 0 Å². The summed E-state index contributed by atoms with van der Waals surface area (Å²) in [6, 6.07) is 1.71. The van der Waals surface area contributed by atoms with E-state index in [2.05, 4.69) is 0 Å². The van der Waals surface area contributed by atoms with E-state index >= 15 is 0 Å². The Morgan fingerprint density at radius 2 is 2.16 bits per heavy atom. The first-order valence-corrected chi connectivity index (χ1v) is 6.59. The number of rotatable bonds is 1. The van der Waals surface area contributed by atoms with E-state index in [9.17, 15) is 4.79 Å². The molecule has 2 aliphatic rings. The number of hydrogen-bond donors (Lipinski definition) is 1. The van der Waals surface area contributed by atoms with Crippen LogP contribution in [0.2, 0.25) is 0 Å². The van der Waals surface area contributed by atoms with Crippen molar-refractivity contribution in [2.45, 2.75) is 18.6 Å². The van der Waals surface area contributed by atoms with Crippen LogP contribution in [0, 0.1) is 0 Å². The molecule has 104 valence electrons. The maximum atomic E-state index is 12.5. The third-order valence-corrected chi connectivity index (χ3v) is 3.76. The molecule has 1 spiro atoms. The molecule has 1 amide bonds. The largest absolute Gasteiger partial charge is 0.397 e. The zero-order valence-electron chi connectivity index (χ0n) is 11.1. The standard InChI is InChI=1S/C13H19N3O3/c1-15-8-10(14)7-11(15)12(17)16-4-2-3-13(9-16)18-5-6-19-13/h7-8H,2-6,9,14H2,1H3. The number of amides is 1. The van der Waals surface area contributed by atoms with Crippen molar-refractivity contribution >= 4 is 11.6 Å². The summed E-state index contributed by atoms with van der Waals surface area (Å²) < 4.78 is 13.1. The summed E-state index contributed by atoms with van der Waals surface area (Å²) in [7, 11) is 1.83. The molecule has 0 unspecified atom stereocenters. The second kappa shape index (κ2) is 4.54. The Morgan fingerprint density at radius 3 is 2.79 bits per heavy atom. The highest BCUT2D eigenvalue weighted by atomic mass is 16.7. The molecule has 0 atom stereocenters. The number of nitrogens with two attached hydrogens (primary N) is 1. The fourth-order valence-corrected chi connectivity index (χ4v) is 2.86. The zero-order valence-corrected chi connectivity index (χ0v) is 11.1. The predicted octanol–water partition coefficient (Wildman–Crippen LogP) is 0.586. The molecule has 0 bridgehead atoms. The van der Waals surface area contributed by atoms with Crippen molar-refractivity contribution in [2.75, 3.05) is 32.0 Å². The third kappa shape index (κ3) is 2.21. The van der Waals surface area contributed by atoms with E-state index in [-0.39, 0.29) is 5.91 Å². The molecule has 3 heterocycles. The van der Waals surface area contributed by atoms with Crippen molar-refractivity contribution in [3.63, 3.8) is 0 Å². The lowest BCUT2D eigenvalue weighted by Gasteiger charge is -2.38. The van der Waals surface area contributed by atoms with Gasteiger partial charge in [0.2, 0.25) is 0 Å². The van der Waals surface area contributed by atoms with Crippen molar-refractivity contribution in [3.05, 3.63) is 18.0 Å². The number of carbonyl (C=O) groups excluding carboxylic acids is 1. The number of anilines is 1. The first-order chi connectivity index (χ1) is 9.10. The van der Waals surface area contributed by atoms with Crippen molar-refractivity contribution in [3.8, 4) is 0 Å². The average Bonchev–Trinajstić information content (AvgIpc) is 2.96. The van der Waals surface area contributed by atoms with Gasteiger partial charge in [0, 0.05) is 26.2 Å². The maximum Gasteiger partial charge on any atom is 0.270 e. The SMILES string of the molecule is Cn1cc(N)cc1C(=O)N1CCCC2(C1)OCCO2.